The molecule has 2 aromatic heterocycles. The van der Waals surface area contributed by atoms with Crippen molar-refractivity contribution in [2.75, 3.05) is 4.90 Å². The van der Waals surface area contributed by atoms with Crippen LogP contribution in [0.25, 0.3) is 61.1 Å². The quantitative estimate of drug-likeness (QED) is 0.173. The highest BCUT2D eigenvalue weighted by atomic mass is 15.2. The van der Waals surface area contributed by atoms with E-state index in [9.17, 15) is 0 Å². The van der Waals surface area contributed by atoms with Crippen molar-refractivity contribution in [3.8, 4) is 44.8 Å². The Kier molecular flexibility index (Phi) is 7.38. The number of nitrogens with zero attached hydrogens (tertiary/aromatic N) is 3. The molecule has 1 aliphatic rings. The highest BCUT2D eigenvalue weighted by Crippen LogP contribution is 2.51. The van der Waals surface area contributed by atoms with Gasteiger partial charge in [0.1, 0.15) is 0 Å². The van der Waals surface area contributed by atoms with E-state index < -0.39 is 0 Å². The lowest BCUT2D eigenvalue weighted by Crippen LogP contribution is -2.16. The van der Waals surface area contributed by atoms with E-state index in [0.717, 1.165) is 50.7 Å². The molecule has 0 saturated heterocycles. The van der Waals surface area contributed by atoms with E-state index in [-0.39, 0.29) is 5.41 Å². The van der Waals surface area contributed by atoms with Crippen LogP contribution in [0.5, 0.6) is 0 Å². The summed E-state index contributed by atoms with van der Waals surface area (Å²) in [6.07, 6.45) is 0. The Balaban J connectivity index is 1.15. The molecule has 3 heteroatoms. The van der Waals surface area contributed by atoms with Crippen LogP contribution in [0.2, 0.25) is 0 Å². The molecule has 54 heavy (non-hydrogen) atoms. The second kappa shape index (κ2) is 12.5. The first-order valence-corrected chi connectivity index (χ1v) is 18.7. The molecule has 0 radical (unpaired) electrons. The summed E-state index contributed by atoms with van der Waals surface area (Å²) in [6.45, 7) is 6.91. The van der Waals surface area contributed by atoms with Gasteiger partial charge in [0.2, 0.25) is 0 Å². The summed E-state index contributed by atoms with van der Waals surface area (Å²) in [5.41, 5.74) is 17.6. The topological polar surface area (TPSA) is 20.5 Å². The first-order chi connectivity index (χ1) is 26.5. The van der Waals surface area contributed by atoms with Gasteiger partial charge in [-0.05, 0) is 88.2 Å². The van der Waals surface area contributed by atoms with E-state index in [0.29, 0.717) is 0 Å². The van der Waals surface area contributed by atoms with E-state index in [1.807, 2.05) is 0 Å². The molecule has 0 spiro atoms. The van der Waals surface area contributed by atoms with Crippen LogP contribution in [0.4, 0.5) is 17.1 Å². The third-order valence-electron chi connectivity index (χ3n) is 11.4. The summed E-state index contributed by atoms with van der Waals surface area (Å²) < 4.78 is 2.15. The zero-order chi connectivity index (χ0) is 36.4. The maximum absolute atomic E-state index is 5.39. The molecule has 0 saturated carbocycles. The van der Waals surface area contributed by atoms with Crippen LogP contribution in [0.3, 0.4) is 0 Å². The molecule has 0 aliphatic heterocycles. The Labute approximate surface area is 316 Å². The number of hydrogen-bond donors (Lipinski definition) is 0. The van der Waals surface area contributed by atoms with Gasteiger partial charge >= 0.3 is 0 Å². The number of aromatic nitrogens is 2. The molecular weight excluding hydrogens is 655 g/mol. The fourth-order valence-corrected chi connectivity index (χ4v) is 8.63. The van der Waals surface area contributed by atoms with Crippen molar-refractivity contribution in [3.05, 3.63) is 199 Å². The minimum absolute atomic E-state index is 0.112. The van der Waals surface area contributed by atoms with Gasteiger partial charge in [0, 0.05) is 44.6 Å². The zero-order valence-electron chi connectivity index (χ0n) is 30.7. The van der Waals surface area contributed by atoms with Crippen LogP contribution in [0.15, 0.2) is 182 Å². The summed E-state index contributed by atoms with van der Waals surface area (Å²) in [5, 5.41) is 7.80. The molecule has 0 N–H and O–H groups in total. The SMILES string of the molecule is Cc1c(-c2cccc(N(c3ccc(-c4ccccc4)cc3)c3ccc4c(c3)C(C)(C)c3ccccc3-4)c2)nn2c(-c3ccccc3)cc3ccccc3c12. The molecule has 0 amide bonds. The van der Waals surface area contributed by atoms with Gasteiger partial charge in [-0.25, -0.2) is 4.52 Å². The third-order valence-corrected chi connectivity index (χ3v) is 11.4. The minimum Gasteiger partial charge on any atom is -0.310 e. The number of fused-ring (bicyclic) bond motifs is 6. The number of anilines is 3. The predicted octanol–water partition coefficient (Wildman–Crippen LogP) is 13.6. The zero-order valence-corrected chi connectivity index (χ0v) is 30.7. The smallest absolute Gasteiger partial charge is 0.0964 e. The fourth-order valence-electron chi connectivity index (χ4n) is 8.63. The second-order valence-electron chi connectivity index (χ2n) is 14.9. The monoisotopic (exact) mass is 693 g/mol. The van der Waals surface area contributed by atoms with Crippen molar-refractivity contribution in [1.82, 2.24) is 9.61 Å². The van der Waals surface area contributed by atoms with Gasteiger partial charge in [0.25, 0.3) is 0 Å². The molecule has 258 valence electrons. The molecule has 1 aliphatic carbocycles. The molecule has 9 aromatic rings. The van der Waals surface area contributed by atoms with Gasteiger partial charge < -0.3 is 4.90 Å². The van der Waals surface area contributed by atoms with Crippen LogP contribution < -0.4 is 4.90 Å². The highest BCUT2D eigenvalue weighted by Gasteiger charge is 2.35. The predicted molar refractivity (Wildman–Crippen MR) is 226 cm³/mol. The van der Waals surface area contributed by atoms with E-state index in [4.69, 9.17) is 5.10 Å². The molecule has 0 fully saturated rings. The largest absolute Gasteiger partial charge is 0.310 e. The Morgan fingerprint density at radius 3 is 1.89 bits per heavy atom. The molecule has 3 nitrogen and oxygen atoms in total. The Morgan fingerprint density at radius 1 is 0.481 bits per heavy atom. The molecule has 0 unspecified atom stereocenters. The van der Waals surface area contributed by atoms with Crippen LogP contribution in [-0.4, -0.2) is 9.61 Å². The third kappa shape index (κ3) is 5.08. The number of rotatable bonds is 6. The maximum Gasteiger partial charge on any atom is 0.0964 e. The summed E-state index contributed by atoms with van der Waals surface area (Å²) in [4.78, 5) is 2.40. The molecule has 2 heterocycles. The van der Waals surface area contributed by atoms with E-state index in [2.05, 4.69) is 212 Å². The Hall–Kier alpha value is -6.71. The van der Waals surface area contributed by atoms with E-state index in [1.54, 1.807) is 0 Å². The number of aryl methyl sites for hydroxylation is 1. The Morgan fingerprint density at radius 2 is 1.09 bits per heavy atom. The lowest BCUT2D eigenvalue weighted by atomic mass is 9.82. The van der Waals surface area contributed by atoms with Gasteiger partial charge in [-0.15, -0.1) is 0 Å². The van der Waals surface area contributed by atoms with E-state index in [1.165, 1.54) is 44.2 Å². The van der Waals surface area contributed by atoms with Crippen LogP contribution in [-0.2, 0) is 5.41 Å². The number of hydrogen-bond acceptors (Lipinski definition) is 2. The van der Waals surface area contributed by atoms with Gasteiger partial charge in [-0.2, -0.15) is 5.10 Å². The van der Waals surface area contributed by atoms with Crippen LogP contribution >= 0.6 is 0 Å². The van der Waals surface area contributed by atoms with Crippen molar-refractivity contribution in [1.29, 1.82) is 0 Å². The van der Waals surface area contributed by atoms with Gasteiger partial charge in [0.05, 0.1) is 16.9 Å². The van der Waals surface area contributed by atoms with Crippen molar-refractivity contribution in [2.24, 2.45) is 0 Å². The molecule has 7 aromatic carbocycles. The first kappa shape index (κ1) is 32.0. The second-order valence-corrected chi connectivity index (χ2v) is 14.9. The minimum atomic E-state index is -0.112. The van der Waals surface area contributed by atoms with Crippen molar-refractivity contribution in [2.45, 2.75) is 26.2 Å². The molecular formula is C51H39N3. The average molecular weight is 694 g/mol. The standard InChI is InChI=1S/C51H39N3/c1-34-49(52-54-48(37-17-8-5-9-18-37)32-38-19-10-11-22-43(38)50(34)54)39-20-14-21-41(31-39)53(40-27-25-36(26-28-40)35-15-6-4-7-16-35)42-29-30-45-44-23-12-13-24-46(44)51(2,3)47(45)33-42/h4-33H,1-3H3. The number of pyridine rings is 1. The van der Waals surface area contributed by atoms with Crippen molar-refractivity contribution in [3.63, 3.8) is 0 Å². The highest BCUT2D eigenvalue weighted by molar-refractivity contribution is 6.01. The summed E-state index contributed by atoms with van der Waals surface area (Å²) in [5.74, 6) is 0. The fraction of sp³-hybridized carbons (Fsp3) is 0.0784. The lowest BCUT2D eigenvalue weighted by molar-refractivity contribution is 0.660. The molecule has 0 atom stereocenters. The van der Waals surface area contributed by atoms with Crippen LogP contribution in [0, 0.1) is 6.92 Å². The lowest BCUT2D eigenvalue weighted by Gasteiger charge is -2.28. The number of benzene rings is 7. The molecule has 10 rings (SSSR count). The summed E-state index contributed by atoms with van der Waals surface area (Å²) in [7, 11) is 0. The first-order valence-electron chi connectivity index (χ1n) is 18.7. The van der Waals surface area contributed by atoms with Gasteiger partial charge in [0.15, 0.2) is 0 Å². The van der Waals surface area contributed by atoms with Crippen molar-refractivity contribution >= 4 is 33.4 Å². The van der Waals surface area contributed by atoms with E-state index >= 15 is 0 Å². The maximum atomic E-state index is 5.39. The normalized spacial score (nSPS) is 12.9. The van der Waals surface area contributed by atoms with Crippen molar-refractivity contribution < 1.29 is 0 Å². The van der Waals surface area contributed by atoms with Gasteiger partial charge in [-0.1, -0.05) is 153 Å². The summed E-state index contributed by atoms with van der Waals surface area (Å²) in [6, 6.07) is 65.8. The summed E-state index contributed by atoms with van der Waals surface area (Å²) >= 11 is 0. The Bertz CT molecular complexity index is 2850. The van der Waals surface area contributed by atoms with Gasteiger partial charge in [-0.3, -0.25) is 0 Å². The van der Waals surface area contributed by atoms with Crippen LogP contribution in [0.1, 0.15) is 30.5 Å². The molecule has 0 bridgehead atoms. The average Bonchev–Trinajstić information content (AvgIpc) is 3.69.